The fraction of sp³-hybridized carbons (Fsp3) is 0.259. The Bertz CT molecular complexity index is 1050. The summed E-state index contributed by atoms with van der Waals surface area (Å²) in [6, 6.07) is 26.4. The molecular formula is C27H30N2O2. The van der Waals surface area contributed by atoms with E-state index in [9.17, 15) is 10.2 Å². The van der Waals surface area contributed by atoms with Crippen molar-refractivity contribution in [3.05, 3.63) is 107 Å². The smallest absolute Gasteiger partial charge is 0.116 e. The number of hydrogen-bond donors (Lipinski definition) is 2. The van der Waals surface area contributed by atoms with Gasteiger partial charge in [-0.3, -0.25) is 9.80 Å². The molecule has 1 aliphatic rings. The maximum absolute atomic E-state index is 11.0. The van der Waals surface area contributed by atoms with E-state index in [0.29, 0.717) is 12.2 Å². The number of aliphatic hydroxyl groups is 1. The number of rotatable bonds is 5. The van der Waals surface area contributed by atoms with Crippen molar-refractivity contribution < 1.29 is 10.2 Å². The summed E-state index contributed by atoms with van der Waals surface area (Å²) in [7, 11) is 8.33. The lowest BCUT2D eigenvalue weighted by Crippen LogP contribution is -2.65. The molecule has 2 N–H and O–H groups in total. The number of phenols is 1. The van der Waals surface area contributed by atoms with Crippen LogP contribution in [0.2, 0.25) is 0 Å². The Morgan fingerprint density at radius 3 is 1.81 bits per heavy atom. The lowest BCUT2D eigenvalue weighted by atomic mass is 9.59. The van der Waals surface area contributed by atoms with Gasteiger partial charge in [-0.05, 0) is 68.7 Å². The zero-order chi connectivity index (χ0) is 22.2. The average molecular weight is 415 g/mol. The summed E-state index contributed by atoms with van der Waals surface area (Å²) in [6.07, 6.45) is 2.20. The fourth-order valence-corrected chi connectivity index (χ4v) is 5.57. The number of fused-ring (bicyclic) bond motifs is 1. The molecule has 3 aromatic rings. The summed E-state index contributed by atoms with van der Waals surface area (Å²) in [5, 5.41) is 21.2. The van der Waals surface area contributed by atoms with E-state index in [1.54, 1.807) is 18.2 Å². The molecule has 0 saturated heterocycles. The molecule has 4 heteroatoms. The molecule has 0 aliphatic heterocycles. The van der Waals surface area contributed by atoms with Crippen molar-refractivity contribution in [3.63, 3.8) is 0 Å². The van der Waals surface area contributed by atoms with Crippen LogP contribution in [-0.2, 0) is 11.1 Å². The van der Waals surface area contributed by atoms with Gasteiger partial charge in [-0.25, -0.2) is 0 Å². The van der Waals surface area contributed by atoms with Crippen molar-refractivity contribution in [2.45, 2.75) is 17.5 Å². The first-order valence-electron chi connectivity index (χ1n) is 10.5. The van der Waals surface area contributed by atoms with Gasteiger partial charge in [0.25, 0.3) is 0 Å². The van der Waals surface area contributed by atoms with E-state index >= 15 is 0 Å². The van der Waals surface area contributed by atoms with Gasteiger partial charge >= 0.3 is 0 Å². The summed E-state index contributed by atoms with van der Waals surface area (Å²) in [5.41, 5.74) is 2.88. The van der Waals surface area contributed by atoms with Crippen LogP contribution in [-0.4, -0.2) is 48.2 Å². The molecule has 0 radical (unpaired) electrons. The third-order valence-electron chi connectivity index (χ3n) is 6.66. The second-order valence-corrected chi connectivity index (χ2v) is 8.68. The minimum Gasteiger partial charge on any atom is -0.512 e. The Hall–Kier alpha value is -3.08. The first-order valence-corrected chi connectivity index (χ1v) is 10.5. The highest BCUT2D eigenvalue weighted by Gasteiger charge is 2.59. The van der Waals surface area contributed by atoms with Gasteiger partial charge in [0.1, 0.15) is 5.75 Å². The maximum atomic E-state index is 11.0. The minimum atomic E-state index is -0.652. The predicted molar refractivity (Wildman–Crippen MR) is 126 cm³/mol. The van der Waals surface area contributed by atoms with Crippen LogP contribution in [0.25, 0.3) is 6.08 Å². The monoisotopic (exact) mass is 414 g/mol. The number of phenolic OH excluding ortho intramolecular Hbond substituents is 1. The zero-order valence-corrected chi connectivity index (χ0v) is 18.6. The normalized spacial score (nSPS) is 18.7. The van der Waals surface area contributed by atoms with Crippen LogP contribution in [0.4, 0.5) is 0 Å². The molecule has 4 nitrogen and oxygen atoms in total. The van der Waals surface area contributed by atoms with Crippen LogP contribution in [0.5, 0.6) is 5.75 Å². The number of nitrogens with zero attached hydrogens (tertiary/aromatic N) is 2. The van der Waals surface area contributed by atoms with Crippen molar-refractivity contribution in [2.24, 2.45) is 0 Å². The van der Waals surface area contributed by atoms with E-state index in [1.807, 2.05) is 18.2 Å². The first kappa shape index (κ1) is 21.2. The standard InChI is InChI=1S/C27H30N2O2/c1-28(2)26(19-24(31)18-20-17-23(30)15-16-25(20)26)27(29(3)4,21-11-7-5-8-12-21)22-13-9-6-10-14-22/h5-18,30-31H,19H2,1-4H3. The first-order chi connectivity index (χ1) is 14.8. The Morgan fingerprint density at radius 1 is 0.774 bits per heavy atom. The number of hydrogen-bond acceptors (Lipinski definition) is 4. The zero-order valence-electron chi connectivity index (χ0n) is 18.6. The Morgan fingerprint density at radius 2 is 1.32 bits per heavy atom. The third-order valence-corrected chi connectivity index (χ3v) is 6.66. The molecular weight excluding hydrogens is 384 g/mol. The van der Waals surface area contributed by atoms with Crippen LogP contribution in [0.1, 0.15) is 28.7 Å². The van der Waals surface area contributed by atoms with Gasteiger partial charge in [-0.2, -0.15) is 0 Å². The highest BCUT2D eigenvalue weighted by Crippen LogP contribution is 2.57. The second kappa shape index (κ2) is 7.88. The molecule has 0 bridgehead atoms. The van der Waals surface area contributed by atoms with Gasteiger partial charge in [0.05, 0.1) is 16.8 Å². The third kappa shape index (κ3) is 3.06. The Labute approximate surface area is 184 Å². The van der Waals surface area contributed by atoms with Gasteiger partial charge < -0.3 is 10.2 Å². The van der Waals surface area contributed by atoms with Gasteiger partial charge in [0.2, 0.25) is 0 Å². The van der Waals surface area contributed by atoms with Crippen LogP contribution < -0.4 is 0 Å². The molecule has 31 heavy (non-hydrogen) atoms. The molecule has 1 unspecified atom stereocenters. The molecule has 0 saturated carbocycles. The van der Waals surface area contributed by atoms with Gasteiger partial charge in [-0.1, -0.05) is 66.7 Å². The van der Waals surface area contributed by atoms with Crippen LogP contribution in [0.3, 0.4) is 0 Å². The van der Waals surface area contributed by atoms with E-state index in [2.05, 4.69) is 86.5 Å². The van der Waals surface area contributed by atoms with Crippen molar-refractivity contribution in [1.82, 2.24) is 9.80 Å². The number of aliphatic hydroxyl groups excluding tert-OH is 1. The summed E-state index contributed by atoms with van der Waals surface area (Å²) >= 11 is 0. The van der Waals surface area contributed by atoms with Crippen molar-refractivity contribution in [2.75, 3.05) is 28.2 Å². The van der Waals surface area contributed by atoms with Crippen molar-refractivity contribution >= 4 is 6.08 Å². The summed E-state index contributed by atoms with van der Waals surface area (Å²) < 4.78 is 0. The highest BCUT2D eigenvalue weighted by molar-refractivity contribution is 5.65. The molecule has 3 aromatic carbocycles. The predicted octanol–water partition coefficient (Wildman–Crippen LogP) is 4.96. The maximum Gasteiger partial charge on any atom is 0.116 e. The molecule has 1 atom stereocenters. The number of benzene rings is 3. The largest absolute Gasteiger partial charge is 0.512 e. The molecule has 4 rings (SSSR count). The molecule has 0 heterocycles. The quantitative estimate of drug-likeness (QED) is 0.620. The van der Waals surface area contributed by atoms with E-state index in [4.69, 9.17) is 0 Å². The Kier molecular flexibility index (Phi) is 5.38. The molecule has 0 spiro atoms. The Balaban J connectivity index is 2.20. The molecule has 160 valence electrons. The average Bonchev–Trinajstić information content (AvgIpc) is 2.74. The van der Waals surface area contributed by atoms with Gasteiger partial charge in [-0.15, -0.1) is 0 Å². The molecule has 0 aromatic heterocycles. The lowest BCUT2D eigenvalue weighted by molar-refractivity contribution is -0.0245. The fourth-order valence-electron chi connectivity index (χ4n) is 5.57. The van der Waals surface area contributed by atoms with E-state index in [-0.39, 0.29) is 5.75 Å². The summed E-state index contributed by atoms with van der Waals surface area (Å²) in [5.74, 6) is 0.483. The van der Waals surface area contributed by atoms with Crippen LogP contribution in [0.15, 0.2) is 84.6 Å². The van der Waals surface area contributed by atoms with Crippen molar-refractivity contribution in [1.29, 1.82) is 0 Å². The van der Waals surface area contributed by atoms with Gasteiger partial charge in [0.15, 0.2) is 0 Å². The summed E-state index contributed by atoms with van der Waals surface area (Å²) in [6.45, 7) is 0. The summed E-state index contributed by atoms with van der Waals surface area (Å²) in [4.78, 5) is 4.47. The van der Waals surface area contributed by atoms with E-state index in [0.717, 1.165) is 22.3 Å². The molecule has 1 aliphatic carbocycles. The minimum absolute atomic E-state index is 0.187. The number of likely N-dealkylation sites (N-methyl/N-ethyl adjacent to an activating group) is 2. The van der Waals surface area contributed by atoms with E-state index in [1.165, 1.54) is 0 Å². The second-order valence-electron chi connectivity index (χ2n) is 8.68. The van der Waals surface area contributed by atoms with Crippen LogP contribution in [0, 0.1) is 0 Å². The highest BCUT2D eigenvalue weighted by atomic mass is 16.3. The molecule has 0 fully saturated rings. The lowest BCUT2D eigenvalue weighted by Gasteiger charge is -2.59. The van der Waals surface area contributed by atoms with Crippen LogP contribution >= 0.6 is 0 Å². The van der Waals surface area contributed by atoms with Crippen molar-refractivity contribution in [3.8, 4) is 5.75 Å². The number of aromatic hydroxyl groups is 1. The SMILES string of the molecule is CN(C)C1(C(c2ccccc2)(c2ccccc2)N(C)C)CC(O)=Cc2cc(O)ccc21. The molecule has 0 amide bonds. The van der Waals surface area contributed by atoms with E-state index < -0.39 is 11.1 Å². The van der Waals surface area contributed by atoms with Gasteiger partial charge in [0, 0.05) is 6.42 Å². The topological polar surface area (TPSA) is 46.9 Å².